The molecule has 0 fully saturated rings. The Morgan fingerprint density at radius 2 is 1.82 bits per heavy atom. The summed E-state index contributed by atoms with van der Waals surface area (Å²) in [6.07, 6.45) is 1.76. The van der Waals surface area contributed by atoms with Crippen LogP contribution >= 0.6 is 0 Å². The van der Waals surface area contributed by atoms with Crippen LogP contribution in [0.3, 0.4) is 0 Å². The maximum atomic E-state index is 10.3. The molecule has 3 aromatic rings. The number of hydrogen-bond donors (Lipinski definition) is 2. The topological polar surface area (TPSA) is 67.1 Å². The highest BCUT2D eigenvalue weighted by Gasteiger charge is 2.16. The van der Waals surface area contributed by atoms with Crippen LogP contribution in [0.15, 0.2) is 47.1 Å². The predicted molar refractivity (Wildman–Crippen MR) is 79.7 cm³/mol. The van der Waals surface area contributed by atoms with Gasteiger partial charge in [-0.15, -0.1) is 0 Å². The molecule has 0 amide bonds. The number of aliphatic hydroxyl groups is 1. The number of rotatable bonds is 5. The first kappa shape index (κ1) is 16.4. The number of nitrogens with zero attached hydrogens (tertiary/aromatic N) is 2. The van der Waals surface area contributed by atoms with Crippen LogP contribution < -0.4 is 18.0 Å². The number of aliphatic hydroxyl groups excluding tert-OH is 1. The Morgan fingerprint density at radius 1 is 1.14 bits per heavy atom. The van der Waals surface area contributed by atoms with E-state index in [0.29, 0.717) is 17.9 Å². The average Bonchev–Trinajstić information content (AvgIpc) is 3.11. The lowest BCUT2D eigenvalue weighted by molar-refractivity contribution is -0.00000645. The molecule has 0 saturated heterocycles. The fraction of sp³-hybridized carbons (Fsp3) is 0.312. The van der Waals surface area contributed by atoms with Crippen molar-refractivity contribution < 1.29 is 21.9 Å². The molecule has 22 heavy (non-hydrogen) atoms. The third-order valence-electron chi connectivity index (χ3n) is 3.65. The molecule has 1 aromatic carbocycles. The molecule has 0 spiro atoms. The van der Waals surface area contributed by atoms with E-state index in [1.54, 1.807) is 18.4 Å². The molecule has 2 N–H and O–H groups in total. The van der Waals surface area contributed by atoms with Gasteiger partial charge in [-0.25, -0.2) is 0 Å². The van der Waals surface area contributed by atoms with Crippen molar-refractivity contribution in [1.82, 2.24) is 9.13 Å². The minimum absolute atomic E-state index is 0. The van der Waals surface area contributed by atoms with E-state index in [1.165, 1.54) is 0 Å². The Hall–Kier alpha value is -1.98. The molecule has 5 nitrogen and oxygen atoms in total. The van der Waals surface area contributed by atoms with Gasteiger partial charge in [0.2, 0.25) is 5.62 Å². The quantitative estimate of drug-likeness (QED) is 0.675. The van der Waals surface area contributed by atoms with Gasteiger partial charge in [0, 0.05) is 6.54 Å². The molecule has 118 valence electrons. The Labute approximate surface area is 134 Å². The lowest BCUT2D eigenvalue weighted by Crippen LogP contribution is -3.00. The molecular formula is C16H19ClN3O2-. The monoisotopic (exact) mass is 320 g/mol. The fourth-order valence-electron chi connectivity index (χ4n) is 2.67. The summed E-state index contributed by atoms with van der Waals surface area (Å²) in [6, 6.07) is 11.4. The summed E-state index contributed by atoms with van der Waals surface area (Å²) >= 11 is 0. The number of aryl methyl sites for hydroxylation is 1. The number of imidazole rings is 1. The van der Waals surface area contributed by atoms with Gasteiger partial charge < -0.3 is 31.1 Å². The van der Waals surface area contributed by atoms with Crippen molar-refractivity contribution in [3.8, 4) is 0 Å². The normalized spacial score (nSPS) is 12.3. The van der Waals surface area contributed by atoms with Crippen LogP contribution in [0.1, 0.15) is 25.2 Å². The van der Waals surface area contributed by atoms with Gasteiger partial charge in [0.15, 0.2) is 0 Å². The van der Waals surface area contributed by atoms with Crippen molar-refractivity contribution in [1.29, 1.82) is 5.41 Å². The number of hydrogen-bond acceptors (Lipinski definition) is 3. The van der Waals surface area contributed by atoms with Crippen molar-refractivity contribution in [3.63, 3.8) is 0 Å². The van der Waals surface area contributed by atoms with Crippen molar-refractivity contribution in [2.75, 3.05) is 0 Å². The van der Waals surface area contributed by atoms with Crippen molar-refractivity contribution in [2.45, 2.75) is 32.5 Å². The summed E-state index contributed by atoms with van der Waals surface area (Å²) in [5, 5.41) is 18.7. The molecule has 2 heterocycles. The zero-order valence-electron chi connectivity index (χ0n) is 12.4. The van der Waals surface area contributed by atoms with E-state index in [9.17, 15) is 5.11 Å². The van der Waals surface area contributed by atoms with Crippen molar-refractivity contribution in [2.24, 2.45) is 0 Å². The van der Waals surface area contributed by atoms with Gasteiger partial charge in [-0.3, -0.25) is 5.41 Å². The van der Waals surface area contributed by atoms with Gasteiger partial charge in [-0.1, -0.05) is 19.1 Å². The average molecular weight is 321 g/mol. The molecule has 0 aliphatic rings. The number of halogens is 1. The molecule has 1 atom stereocenters. The van der Waals surface area contributed by atoms with E-state index in [1.807, 2.05) is 33.4 Å². The molecule has 2 aromatic heterocycles. The Balaban J connectivity index is 0.00000176. The van der Waals surface area contributed by atoms with Crippen LogP contribution in [0.2, 0.25) is 0 Å². The lowest BCUT2D eigenvalue weighted by Gasteiger charge is -2.09. The Kier molecular flexibility index (Phi) is 5.11. The summed E-state index contributed by atoms with van der Waals surface area (Å²) in [7, 11) is 0. The Bertz CT molecular complexity index is 789. The van der Waals surface area contributed by atoms with Crippen LogP contribution in [0.25, 0.3) is 11.0 Å². The molecule has 0 radical (unpaired) electrons. The minimum Gasteiger partial charge on any atom is -1.00 e. The molecule has 0 saturated carbocycles. The third kappa shape index (κ3) is 2.82. The zero-order valence-corrected chi connectivity index (χ0v) is 13.1. The van der Waals surface area contributed by atoms with Gasteiger partial charge >= 0.3 is 0 Å². The number of nitrogens with one attached hydrogen (secondary N) is 1. The summed E-state index contributed by atoms with van der Waals surface area (Å²) in [4.78, 5) is 0. The first-order valence-electron chi connectivity index (χ1n) is 7.16. The maximum Gasteiger partial charge on any atom is 0.203 e. The highest BCUT2D eigenvalue weighted by molar-refractivity contribution is 5.75. The number of para-hydroxylation sites is 2. The fourth-order valence-corrected chi connectivity index (χ4v) is 2.67. The summed E-state index contributed by atoms with van der Waals surface area (Å²) in [5.41, 5.74) is 2.39. The van der Waals surface area contributed by atoms with E-state index >= 15 is 0 Å². The van der Waals surface area contributed by atoms with E-state index in [0.717, 1.165) is 24.0 Å². The second-order valence-corrected chi connectivity index (χ2v) is 5.11. The van der Waals surface area contributed by atoms with E-state index in [2.05, 4.69) is 6.92 Å². The molecule has 0 bridgehead atoms. The molecule has 0 aliphatic heterocycles. The largest absolute Gasteiger partial charge is 1.00 e. The standard InChI is InChI=1S/C16H19N3O2.ClH/c1-2-9-18-12-6-3-4-7-13(12)19(16(18)17)11-14(20)15-8-5-10-21-15;/h3-8,10,14,17,20H,2,9,11H2,1H3;1H/p-1. The van der Waals surface area contributed by atoms with E-state index in [4.69, 9.17) is 9.83 Å². The van der Waals surface area contributed by atoms with Crippen molar-refractivity contribution >= 4 is 11.0 Å². The number of furan rings is 1. The number of benzene rings is 1. The van der Waals surface area contributed by atoms with E-state index < -0.39 is 6.10 Å². The molecule has 3 rings (SSSR count). The second kappa shape index (κ2) is 6.85. The van der Waals surface area contributed by atoms with Gasteiger partial charge in [0.05, 0.1) is 23.8 Å². The predicted octanol–water partition coefficient (Wildman–Crippen LogP) is -0.337. The lowest BCUT2D eigenvalue weighted by atomic mass is 10.2. The second-order valence-electron chi connectivity index (χ2n) is 5.11. The van der Waals surface area contributed by atoms with Crippen LogP contribution in [-0.4, -0.2) is 14.2 Å². The highest BCUT2D eigenvalue weighted by atomic mass is 35.5. The molecule has 0 aliphatic carbocycles. The van der Waals surface area contributed by atoms with Gasteiger partial charge in [-0.2, -0.15) is 0 Å². The number of fused-ring (bicyclic) bond motifs is 1. The summed E-state index contributed by atoms with van der Waals surface area (Å²) in [6.45, 7) is 3.20. The van der Waals surface area contributed by atoms with E-state index in [-0.39, 0.29) is 12.4 Å². The first-order chi connectivity index (χ1) is 10.2. The Morgan fingerprint density at radius 3 is 2.41 bits per heavy atom. The van der Waals surface area contributed by atoms with Gasteiger partial charge in [0.25, 0.3) is 0 Å². The minimum atomic E-state index is -0.755. The van der Waals surface area contributed by atoms with Gasteiger partial charge in [-0.05, 0) is 30.7 Å². The summed E-state index contributed by atoms with van der Waals surface area (Å²) in [5.74, 6) is 0.522. The summed E-state index contributed by atoms with van der Waals surface area (Å²) < 4.78 is 9.05. The third-order valence-corrected chi connectivity index (χ3v) is 3.65. The van der Waals surface area contributed by atoms with Crippen molar-refractivity contribution in [3.05, 3.63) is 54.0 Å². The van der Waals surface area contributed by atoms with Crippen LogP contribution in [0.5, 0.6) is 0 Å². The van der Waals surface area contributed by atoms with Crippen LogP contribution in [0, 0.1) is 5.41 Å². The van der Waals surface area contributed by atoms with Crippen LogP contribution in [-0.2, 0) is 13.1 Å². The van der Waals surface area contributed by atoms with Gasteiger partial charge in [0.1, 0.15) is 11.9 Å². The first-order valence-corrected chi connectivity index (χ1v) is 7.16. The highest BCUT2D eigenvalue weighted by Crippen LogP contribution is 2.19. The zero-order chi connectivity index (χ0) is 14.8. The maximum absolute atomic E-state index is 10.3. The molecule has 6 heteroatoms. The smallest absolute Gasteiger partial charge is 0.203 e. The molecular weight excluding hydrogens is 302 g/mol. The van der Waals surface area contributed by atoms with Crippen LogP contribution in [0.4, 0.5) is 0 Å². The molecule has 1 unspecified atom stereocenters. The number of aromatic nitrogens is 2. The SMILES string of the molecule is CCCn1c(=N)n(CC(O)c2ccco2)c2ccccc21.[Cl-].